The summed E-state index contributed by atoms with van der Waals surface area (Å²) in [5.41, 5.74) is 2.52. The molecule has 29 heavy (non-hydrogen) atoms. The first kappa shape index (κ1) is 19.4. The van der Waals surface area contributed by atoms with Gasteiger partial charge in [-0.05, 0) is 67.1 Å². The number of benzene rings is 3. The number of thiazole rings is 1. The number of hydrogen-bond donors (Lipinski definition) is 1. The number of ether oxygens (including phenoxy) is 1. The first-order valence-corrected chi connectivity index (χ1v) is 11.0. The van der Waals surface area contributed by atoms with Crippen LogP contribution in [0.4, 0.5) is 10.1 Å². The number of sulfonamides is 1. The van der Waals surface area contributed by atoms with Gasteiger partial charge in [0.1, 0.15) is 16.6 Å². The quantitative estimate of drug-likeness (QED) is 0.473. The van der Waals surface area contributed by atoms with Gasteiger partial charge in [-0.3, -0.25) is 4.72 Å². The molecule has 0 fully saturated rings. The van der Waals surface area contributed by atoms with Crippen molar-refractivity contribution in [2.24, 2.45) is 0 Å². The van der Waals surface area contributed by atoms with Crippen LogP contribution in [0.1, 0.15) is 5.56 Å². The van der Waals surface area contributed by atoms with Gasteiger partial charge in [0.15, 0.2) is 0 Å². The number of fused-ring (bicyclic) bond motifs is 1. The Morgan fingerprint density at radius 2 is 1.79 bits per heavy atom. The van der Waals surface area contributed by atoms with Gasteiger partial charge in [-0.25, -0.2) is 17.8 Å². The minimum Gasteiger partial charge on any atom is -0.497 e. The number of nitrogens with one attached hydrogen (secondary N) is 1. The number of aryl methyl sites for hydroxylation is 1. The average Bonchev–Trinajstić information content (AvgIpc) is 3.13. The normalized spacial score (nSPS) is 11.6. The van der Waals surface area contributed by atoms with Crippen molar-refractivity contribution in [2.45, 2.75) is 11.8 Å². The number of halogens is 1. The highest BCUT2D eigenvalue weighted by Gasteiger charge is 2.16. The highest BCUT2D eigenvalue weighted by Crippen LogP contribution is 2.33. The second kappa shape index (κ2) is 7.46. The molecule has 1 heterocycles. The van der Waals surface area contributed by atoms with Crippen molar-refractivity contribution in [3.8, 4) is 16.3 Å². The summed E-state index contributed by atoms with van der Waals surface area (Å²) in [5, 5.41) is 0.822. The molecule has 0 radical (unpaired) electrons. The fourth-order valence-electron chi connectivity index (χ4n) is 2.79. The number of nitrogens with zero attached hydrogens (tertiary/aromatic N) is 1. The Labute approximate surface area is 171 Å². The van der Waals surface area contributed by atoms with E-state index in [4.69, 9.17) is 4.74 Å². The molecule has 5 nitrogen and oxygen atoms in total. The van der Waals surface area contributed by atoms with Gasteiger partial charge in [0.25, 0.3) is 10.0 Å². The van der Waals surface area contributed by atoms with Gasteiger partial charge in [0, 0.05) is 11.3 Å². The third-order valence-electron chi connectivity index (χ3n) is 4.43. The van der Waals surface area contributed by atoms with Crippen LogP contribution in [0.25, 0.3) is 20.8 Å². The number of methoxy groups -OCH3 is 1. The lowest BCUT2D eigenvalue weighted by molar-refractivity contribution is 0.415. The predicted molar refractivity (Wildman–Crippen MR) is 114 cm³/mol. The maximum atomic E-state index is 13.7. The molecule has 0 aliphatic rings. The molecular formula is C21H17FN2O3S2. The van der Waals surface area contributed by atoms with Crippen LogP contribution in [-0.4, -0.2) is 20.5 Å². The van der Waals surface area contributed by atoms with Crippen LogP contribution >= 0.6 is 11.3 Å². The lowest BCUT2D eigenvalue weighted by atomic mass is 10.2. The maximum Gasteiger partial charge on any atom is 0.261 e. The van der Waals surface area contributed by atoms with E-state index in [0.29, 0.717) is 11.3 Å². The molecule has 1 N–H and O–H groups in total. The largest absolute Gasteiger partial charge is 0.497 e. The lowest BCUT2D eigenvalue weighted by Gasteiger charge is -2.09. The monoisotopic (exact) mass is 428 g/mol. The second-order valence-corrected chi connectivity index (χ2v) is 9.16. The first-order chi connectivity index (χ1) is 13.9. The zero-order valence-electron chi connectivity index (χ0n) is 15.6. The van der Waals surface area contributed by atoms with E-state index in [0.717, 1.165) is 32.6 Å². The molecule has 0 aliphatic carbocycles. The van der Waals surface area contributed by atoms with Gasteiger partial charge >= 0.3 is 0 Å². The van der Waals surface area contributed by atoms with E-state index < -0.39 is 15.8 Å². The lowest BCUT2D eigenvalue weighted by Crippen LogP contribution is -2.13. The Morgan fingerprint density at radius 1 is 1.03 bits per heavy atom. The summed E-state index contributed by atoms with van der Waals surface area (Å²) in [7, 11) is -2.26. The molecule has 0 bridgehead atoms. The molecule has 0 saturated carbocycles. The van der Waals surface area contributed by atoms with Crippen LogP contribution < -0.4 is 9.46 Å². The summed E-state index contributed by atoms with van der Waals surface area (Å²) < 4.78 is 47.4. The van der Waals surface area contributed by atoms with Crippen LogP contribution in [0.5, 0.6) is 5.75 Å². The summed E-state index contributed by atoms with van der Waals surface area (Å²) >= 11 is 1.53. The van der Waals surface area contributed by atoms with Crippen LogP contribution in [0, 0.1) is 12.7 Å². The number of aromatic nitrogens is 1. The zero-order valence-corrected chi connectivity index (χ0v) is 17.3. The number of hydrogen-bond acceptors (Lipinski definition) is 5. The van der Waals surface area contributed by atoms with Gasteiger partial charge in [0.05, 0.1) is 22.2 Å². The Kier molecular flexibility index (Phi) is 4.97. The van der Waals surface area contributed by atoms with Crippen molar-refractivity contribution in [1.29, 1.82) is 0 Å². The maximum absolute atomic E-state index is 13.7. The zero-order chi connectivity index (χ0) is 20.6. The summed E-state index contributed by atoms with van der Waals surface area (Å²) in [6.45, 7) is 1.58. The van der Waals surface area contributed by atoms with Gasteiger partial charge in [-0.1, -0.05) is 6.07 Å². The molecule has 0 saturated heterocycles. The Morgan fingerprint density at radius 3 is 2.48 bits per heavy atom. The van der Waals surface area contributed by atoms with Crippen LogP contribution in [0.3, 0.4) is 0 Å². The highest BCUT2D eigenvalue weighted by atomic mass is 32.2. The van der Waals surface area contributed by atoms with Crippen LogP contribution in [0.2, 0.25) is 0 Å². The number of anilines is 1. The molecule has 1 aromatic heterocycles. The average molecular weight is 429 g/mol. The van der Waals surface area contributed by atoms with Gasteiger partial charge in [-0.15, -0.1) is 11.3 Å². The van der Waals surface area contributed by atoms with Crippen molar-refractivity contribution in [2.75, 3.05) is 11.8 Å². The standard InChI is InChI=1S/C21H17FN2O3S2/c1-13-3-9-17(12-18(13)22)29(25,26)24-15-6-4-14(5-7-15)21-23-19-10-8-16(27-2)11-20(19)28-21/h3-12,24H,1-2H3. The molecule has 0 unspecified atom stereocenters. The van der Waals surface area contributed by atoms with E-state index in [9.17, 15) is 12.8 Å². The van der Waals surface area contributed by atoms with E-state index in [-0.39, 0.29) is 4.90 Å². The van der Waals surface area contributed by atoms with Crippen molar-refractivity contribution < 1.29 is 17.5 Å². The van der Waals surface area contributed by atoms with Crippen molar-refractivity contribution in [3.05, 3.63) is 72.0 Å². The fourth-order valence-corrected chi connectivity index (χ4v) is 4.86. The molecule has 8 heteroatoms. The molecule has 148 valence electrons. The Hall–Kier alpha value is -2.97. The van der Waals surface area contributed by atoms with Crippen molar-refractivity contribution >= 4 is 37.3 Å². The molecule has 0 aliphatic heterocycles. The van der Waals surface area contributed by atoms with Gasteiger partial charge < -0.3 is 4.74 Å². The topological polar surface area (TPSA) is 68.3 Å². The SMILES string of the molecule is COc1ccc2nc(-c3ccc(NS(=O)(=O)c4ccc(C)c(F)c4)cc3)sc2c1. The van der Waals surface area contributed by atoms with E-state index in [1.165, 1.54) is 23.5 Å². The predicted octanol–water partition coefficient (Wildman–Crippen LogP) is 5.22. The molecule has 3 aromatic carbocycles. The van der Waals surface area contributed by atoms with Crippen LogP contribution in [0.15, 0.2) is 65.6 Å². The van der Waals surface area contributed by atoms with E-state index in [1.54, 1.807) is 38.3 Å². The summed E-state index contributed by atoms with van der Waals surface area (Å²) in [6.07, 6.45) is 0. The number of rotatable bonds is 5. The summed E-state index contributed by atoms with van der Waals surface area (Å²) in [5.74, 6) is 0.209. The second-order valence-electron chi connectivity index (χ2n) is 6.45. The van der Waals surface area contributed by atoms with Crippen LogP contribution in [-0.2, 0) is 10.0 Å². The summed E-state index contributed by atoms with van der Waals surface area (Å²) in [4.78, 5) is 4.49. The fraction of sp³-hybridized carbons (Fsp3) is 0.0952. The van der Waals surface area contributed by atoms with Gasteiger partial charge in [-0.2, -0.15) is 0 Å². The smallest absolute Gasteiger partial charge is 0.261 e. The molecule has 0 amide bonds. The minimum absolute atomic E-state index is 0.121. The third-order valence-corrected chi connectivity index (χ3v) is 6.88. The highest BCUT2D eigenvalue weighted by molar-refractivity contribution is 7.92. The van der Waals surface area contributed by atoms with E-state index >= 15 is 0 Å². The molecule has 0 spiro atoms. The first-order valence-electron chi connectivity index (χ1n) is 8.70. The summed E-state index contributed by atoms with van der Waals surface area (Å²) in [6, 6.07) is 16.4. The third kappa shape index (κ3) is 3.94. The Balaban J connectivity index is 1.58. The van der Waals surface area contributed by atoms with Crippen molar-refractivity contribution in [3.63, 3.8) is 0 Å². The molecular weight excluding hydrogens is 411 g/mol. The molecule has 4 rings (SSSR count). The minimum atomic E-state index is -3.88. The van der Waals surface area contributed by atoms with Gasteiger partial charge in [0.2, 0.25) is 0 Å². The molecule has 4 aromatic rings. The van der Waals surface area contributed by atoms with Crippen molar-refractivity contribution in [1.82, 2.24) is 4.98 Å². The van der Waals surface area contributed by atoms with E-state index in [1.807, 2.05) is 18.2 Å². The molecule has 0 atom stereocenters. The Bertz CT molecular complexity index is 1300. The van der Waals surface area contributed by atoms with E-state index in [2.05, 4.69) is 9.71 Å².